The van der Waals surface area contributed by atoms with E-state index in [0.717, 1.165) is 81.8 Å². The first-order chi connectivity index (χ1) is 29.7. The monoisotopic (exact) mass is 840 g/mol. The van der Waals surface area contributed by atoms with Crippen LogP contribution in [0.15, 0.2) is 60.7 Å². The minimum Gasteiger partial charge on any atom is -0.351 e. The van der Waals surface area contributed by atoms with Gasteiger partial charge in [-0.1, -0.05) is 112 Å². The number of benzene rings is 2. The topological polar surface area (TPSA) is 180 Å². The van der Waals surface area contributed by atoms with Crippen molar-refractivity contribution >= 4 is 29.5 Å². The lowest BCUT2D eigenvalue weighted by Crippen LogP contribution is -2.63. The predicted molar refractivity (Wildman–Crippen MR) is 239 cm³/mol. The van der Waals surface area contributed by atoms with Crippen LogP contribution in [0.5, 0.6) is 0 Å². The van der Waals surface area contributed by atoms with Gasteiger partial charge in [0.2, 0.25) is 23.6 Å². The molecule has 3 saturated carbocycles. The van der Waals surface area contributed by atoms with E-state index in [4.69, 9.17) is 11.5 Å². The summed E-state index contributed by atoms with van der Waals surface area (Å²) in [4.78, 5) is 76.7. The highest BCUT2D eigenvalue weighted by Gasteiger charge is 2.47. The first kappa shape index (κ1) is 46.4. The van der Waals surface area contributed by atoms with Crippen LogP contribution in [0.3, 0.4) is 0 Å². The Labute approximate surface area is 364 Å². The Morgan fingerprint density at radius 1 is 0.705 bits per heavy atom. The third kappa shape index (κ3) is 13.0. The van der Waals surface area contributed by atoms with Gasteiger partial charge in [-0.15, -0.1) is 0 Å². The van der Waals surface area contributed by atoms with E-state index in [-0.39, 0.29) is 42.6 Å². The van der Waals surface area contributed by atoms with Gasteiger partial charge in [-0.2, -0.15) is 0 Å². The number of imide groups is 1. The third-order valence-electron chi connectivity index (χ3n) is 13.9. The molecule has 6 atom stereocenters. The van der Waals surface area contributed by atoms with Crippen molar-refractivity contribution in [1.82, 2.24) is 25.8 Å². The maximum absolute atomic E-state index is 15.4. The Hall–Kier alpha value is -4.13. The summed E-state index contributed by atoms with van der Waals surface area (Å²) >= 11 is 0. The fourth-order valence-corrected chi connectivity index (χ4v) is 10.3. The summed E-state index contributed by atoms with van der Waals surface area (Å²) in [7, 11) is 1.72. The van der Waals surface area contributed by atoms with Crippen LogP contribution in [0.1, 0.15) is 127 Å². The van der Waals surface area contributed by atoms with Gasteiger partial charge >= 0.3 is 0 Å². The van der Waals surface area contributed by atoms with Gasteiger partial charge in [0.15, 0.2) is 0 Å². The van der Waals surface area contributed by atoms with Gasteiger partial charge in [0.1, 0.15) is 18.1 Å². The first-order valence-electron chi connectivity index (χ1n) is 23.7. The summed E-state index contributed by atoms with van der Waals surface area (Å²) in [6.07, 6.45) is 16.5. The molecule has 1 saturated heterocycles. The molecule has 2 aromatic carbocycles. The summed E-state index contributed by atoms with van der Waals surface area (Å²) in [5.74, 6) is -1.13. The summed E-state index contributed by atoms with van der Waals surface area (Å²) in [5.41, 5.74) is 14.5. The number of amides is 5. The van der Waals surface area contributed by atoms with Crippen molar-refractivity contribution in [1.29, 1.82) is 0 Å². The van der Waals surface area contributed by atoms with Crippen molar-refractivity contribution in [3.05, 3.63) is 71.8 Å². The molecule has 61 heavy (non-hydrogen) atoms. The molecular weight excluding hydrogens is 767 g/mol. The molecule has 0 radical (unpaired) electrons. The molecule has 4 aliphatic rings. The van der Waals surface area contributed by atoms with Crippen molar-refractivity contribution < 1.29 is 24.0 Å². The van der Waals surface area contributed by atoms with E-state index in [2.05, 4.69) is 16.0 Å². The van der Waals surface area contributed by atoms with Gasteiger partial charge < -0.3 is 32.3 Å². The highest BCUT2D eigenvalue weighted by atomic mass is 16.2. The molecule has 12 nitrogen and oxygen atoms in total. The molecule has 0 aromatic heterocycles. The standard InChI is InChI=1S/C49H73N7O5/c1-52-41(32-35-19-8-3-9-20-35)45(57)53-40(25-14-15-29-50)48(60)55-30-16-26-42(55)49(61)56(47(59)39(51)31-34-17-6-2-7-18-34)43(33-36-21-10-4-11-22-36)46(58)54-44(38-27-28-38)37-23-12-5-13-24-37/h3-4,8-11,19-22,34,37-44,52H,2,5-7,12-18,23-33,50-51H2,1H3,(H,53,57)(H,54,58)/t39-,40+,41+,42+,43+,44?/m1/s1. The van der Waals surface area contributed by atoms with Gasteiger partial charge in [-0.3, -0.25) is 28.9 Å². The summed E-state index contributed by atoms with van der Waals surface area (Å²) in [5, 5.41) is 9.58. The number of likely N-dealkylation sites (tertiary alicyclic amines) is 1. The van der Waals surface area contributed by atoms with E-state index in [1.54, 1.807) is 11.9 Å². The number of nitrogens with one attached hydrogen (secondary N) is 3. The zero-order valence-electron chi connectivity index (χ0n) is 36.6. The largest absolute Gasteiger partial charge is 0.351 e. The average Bonchev–Trinajstić information content (AvgIpc) is 4.02. The molecule has 0 spiro atoms. The lowest BCUT2D eigenvalue weighted by atomic mass is 9.81. The fourth-order valence-electron chi connectivity index (χ4n) is 10.3. The normalized spacial score (nSPS) is 21.2. The van der Waals surface area contributed by atoms with Crippen LogP contribution < -0.4 is 27.4 Å². The number of unbranched alkanes of at least 4 members (excludes halogenated alkanes) is 1. The van der Waals surface area contributed by atoms with Gasteiger partial charge in [-0.25, -0.2) is 0 Å². The highest BCUT2D eigenvalue weighted by molar-refractivity contribution is 6.05. The van der Waals surface area contributed by atoms with Crippen molar-refractivity contribution in [3.63, 3.8) is 0 Å². The van der Waals surface area contributed by atoms with E-state index in [1.807, 2.05) is 60.7 Å². The molecule has 12 heteroatoms. The second-order valence-electron chi connectivity index (χ2n) is 18.4. The lowest BCUT2D eigenvalue weighted by Gasteiger charge is -2.38. The molecule has 6 rings (SSSR count). The second kappa shape index (κ2) is 23.4. The van der Waals surface area contributed by atoms with Gasteiger partial charge in [-0.05, 0) is 113 Å². The number of carbonyl (C=O) groups excluding carboxylic acids is 5. The minimum absolute atomic E-state index is 0.0141. The number of nitrogens with two attached hydrogens (primary N) is 2. The van der Waals surface area contributed by atoms with E-state index in [9.17, 15) is 19.2 Å². The zero-order valence-corrected chi connectivity index (χ0v) is 36.6. The number of hydrogen-bond acceptors (Lipinski definition) is 8. The van der Waals surface area contributed by atoms with Crippen molar-refractivity contribution in [2.45, 2.75) is 165 Å². The lowest BCUT2D eigenvalue weighted by molar-refractivity contribution is -0.158. The molecule has 4 fully saturated rings. The number of carbonyl (C=O) groups is 5. The first-order valence-corrected chi connectivity index (χ1v) is 23.7. The van der Waals surface area contributed by atoms with Crippen LogP contribution in [0, 0.1) is 17.8 Å². The van der Waals surface area contributed by atoms with Crippen molar-refractivity contribution in [2.24, 2.45) is 29.2 Å². The Bertz CT molecular complexity index is 1710. The molecule has 1 unspecified atom stereocenters. The maximum Gasteiger partial charge on any atom is 0.252 e. The van der Waals surface area contributed by atoms with Crippen LogP contribution in [0.4, 0.5) is 0 Å². The molecule has 3 aliphatic carbocycles. The predicted octanol–water partition coefficient (Wildman–Crippen LogP) is 5.16. The summed E-state index contributed by atoms with van der Waals surface area (Å²) in [6, 6.07) is 14.6. The Morgan fingerprint density at radius 2 is 1.31 bits per heavy atom. The molecule has 2 aromatic rings. The molecule has 334 valence electrons. The highest BCUT2D eigenvalue weighted by Crippen LogP contribution is 2.40. The van der Waals surface area contributed by atoms with E-state index in [0.29, 0.717) is 63.3 Å². The number of rotatable bonds is 21. The quantitative estimate of drug-likeness (QED) is 0.107. The van der Waals surface area contributed by atoms with Crippen molar-refractivity contribution in [3.8, 4) is 0 Å². The Kier molecular flexibility index (Phi) is 17.8. The smallest absolute Gasteiger partial charge is 0.252 e. The molecule has 1 heterocycles. The molecule has 7 N–H and O–H groups in total. The van der Waals surface area contributed by atoms with Crippen LogP contribution >= 0.6 is 0 Å². The Balaban J connectivity index is 1.30. The number of likely N-dealkylation sites (N-methyl/N-ethyl adjacent to an activating group) is 1. The average molecular weight is 840 g/mol. The fraction of sp³-hybridized carbons (Fsp3) is 0.653. The van der Waals surface area contributed by atoms with Crippen LogP contribution in [0.2, 0.25) is 0 Å². The Morgan fingerprint density at radius 3 is 1.92 bits per heavy atom. The van der Waals surface area contributed by atoms with Crippen LogP contribution in [-0.4, -0.2) is 95.7 Å². The van der Waals surface area contributed by atoms with Crippen LogP contribution in [-0.2, 0) is 36.8 Å². The van der Waals surface area contributed by atoms with Gasteiger partial charge in [0, 0.05) is 19.0 Å². The molecular formula is C49H73N7O5. The van der Waals surface area contributed by atoms with E-state index < -0.39 is 42.0 Å². The zero-order chi connectivity index (χ0) is 43.1. The SMILES string of the molecule is CN[C@@H](Cc1ccccc1)C(=O)N[C@@H](CCCCN)C(=O)N1CCC[C@H]1C(=O)N(C(=O)[C@H](N)CC1CCCCC1)[C@@H](Cc1ccccc1)C(=O)NC(C1CCCCC1)C1CC1. The second-order valence-corrected chi connectivity index (χ2v) is 18.4. The third-order valence-corrected chi connectivity index (χ3v) is 13.9. The maximum atomic E-state index is 15.4. The van der Waals surface area contributed by atoms with Crippen molar-refractivity contribution in [2.75, 3.05) is 20.1 Å². The minimum atomic E-state index is -1.16. The summed E-state index contributed by atoms with van der Waals surface area (Å²) < 4.78 is 0. The number of nitrogens with zero attached hydrogens (tertiary/aromatic N) is 2. The van der Waals surface area contributed by atoms with E-state index >= 15 is 4.79 Å². The van der Waals surface area contributed by atoms with Gasteiger partial charge in [0.05, 0.1) is 12.1 Å². The van der Waals surface area contributed by atoms with Crippen LogP contribution in [0.25, 0.3) is 0 Å². The molecule has 1 aliphatic heterocycles. The molecule has 0 bridgehead atoms. The number of hydrogen-bond donors (Lipinski definition) is 5. The van der Waals surface area contributed by atoms with E-state index in [1.165, 1.54) is 11.3 Å². The van der Waals surface area contributed by atoms with Gasteiger partial charge in [0.25, 0.3) is 5.91 Å². The molecule has 5 amide bonds. The summed E-state index contributed by atoms with van der Waals surface area (Å²) in [6.45, 7) is 0.730.